The van der Waals surface area contributed by atoms with E-state index in [1.807, 2.05) is 6.92 Å². The summed E-state index contributed by atoms with van der Waals surface area (Å²) in [4.78, 5) is 0. The Morgan fingerprint density at radius 3 is 2.24 bits per heavy atom. The Balaban J connectivity index is 2.39. The molecule has 3 unspecified atom stereocenters. The molecule has 1 fully saturated rings. The first-order chi connectivity index (χ1) is 8.13. The second kappa shape index (κ2) is 8.06. The molecule has 0 aromatic carbocycles. The molecule has 3 nitrogen and oxygen atoms in total. The number of aliphatic hydroxyl groups excluding tert-OH is 1. The van der Waals surface area contributed by atoms with Crippen LogP contribution in [-0.2, 0) is 0 Å². The minimum atomic E-state index is -0.231. The number of hydrogen-bond donors (Lipinski definition) is 3. The molecule has 1 aliphatic carbocycles. The molecule has 17 heavy (non-hydrogen) atoms. The highest BCUT2D eigenvalue weighted by atomic mass is 16.3. The second-order valence-corrected chi connectivity index (χ2v) is 5.75. The molecule has 0 bridgehead atoms. The van der Waals surface area contributed by atoms with E-state index in [9.17, 15) is 5.11 Å². The van der Waals surface area contributed by atoms with Gasteiger partial charge in [-0.25, -0.2) is 0 Å². The highest BCUT2D eigenvalue weighted by Gasteiger charge is 2.23. The lowest BCUT2D eigenvalue weighted by molar-refractivity contribution is 0.163. The fraction of sp³-hybridized carbons (Fsp3) is 1.00. The predicted octanol–water partition coefficient (Wildman–Crippen LogP) is 2.03. The average molecular weight is 242 g/mol. The van der Waals surface area contributed by atoms with E-state index in [0.717, 1.165) is 18.9 Å². The molecule has 1 aliphatic rings. The molecule has 0 amide bonds. The van der Waals surface area contributed by atoms with Crippen LogP contribution in [0.2, 0.25) is 0 Å². The fourth-order valence-corrected chi connectivity index (χ4v) is 3.06. The van der Waals surface area contributed by atoms with Crippen LogP contribution in [0.4, 0.5) is 0 Å². The Hall–Kier alpha value is -0.120. The fourth-order valence-electron chi connectivity index (χ4n) is 3.06. The van der Waals surface area contributed by atoms with Crippen molar-refractivity contribution in [3.05, 3.63) is 0 Å². The summed E-state index contributed by atoms with van der Waals surface area (Å²) in [5.74, 6) is 0.735. The quantitative estimate of drug-likeness (QED) is 0.625. The van der Waals surface area contributed by atoms with Gasteiger partial charge in [0.15, 0.2) is 0 Å². The highest BCUT2D eigenvalue weighted by molar-refractivity contribution is 4.81. The summed E-state index contributed by atoms with van der Waals surface area (Å²) in [6, 6.07) is 0.786. The van der Waals surface area contributed by atoms with Gasteiger partial charge in [0, 0.05) is 18.6 Å². The molecular weight excluding hydrogens is 212 g/mol. The SMILES string of the molecule is CC(O)CC(C)NC(CN)C1CCCCCC1. The summed E-state index contributed by atoms with van der Waals surface area (Å²) in [6.07, 6.45) is 8.69. The molecule has 0 aliphatic heterocycles. The van der Waals surface area contributed by atoms with Crippen molar-refractivity contribution in [2.75, 3.05) is 6.54 Å². The first-order valence-corrected chi connectivity index (χ1v) is 7.27. The standard InChI is InChI=1S/C14H30N2O/c1-11(9-12(2)17)16-14(10-15)13-7-5-3-4-6-8-13/h11-14,16-17H,3-10,15H2,1-2H3. The lowest BCUT2D eigenvalue weighted by Crippen LogP contribution is -2.47. The van der Waals surface area contributed by atoms with Crippen LogP contribution in [0.25, 0.3) is 0 Å². The van der Waals surface area contributed by atoms with Crippen molar-refractivity contribution in [2.45, 2.75) is 77.0 Å². The summed E-state index contributed by atoms with van der Waals surface area (Å²) in [7, 11) is 0. The third kappa shape index (κ3) is 5.84. The summed E-state index contributed by atoms with van der Waals surface area (Å²) in [5.41, 5.74) is 5.91. The van der Waals surface area contributed by atoms with Gasteiger partial charge in [0.2, 0.25) is 0 Å². The number of rotatable bonds is 6. The highest BCUT2D eigenvalue weighted by Crippen LogP contribution is 2.25. The summed E-state index contributed by atoms with van der Waals surface area (Å²) < 4.78 is 0. The monoisotopic (exact) mass is 242 g/mol. The molecule has 0 saturated heterocycles. The molecule has 0 aromatic rings. The molecule has 0 radical (unpaired) electrons. The predicted molar refractivity (Wildman–Crippen MR) is 72.9 cm³/mol. The summed E-state index contributed by atoms with van der Waals surface area (Å²) in [6.45, 7) is 4.71. The number of aliphatic hydroxyl groups is 1. The molecule has 1 saturated carbocycles. The van der Waals surface area contributed by atoms with Crippen LogP contribution in [-0.4, -0.2) is 29.8 Å². The number of hydrogen-bond acceptors (Lipinski definition) is 3. The molecule has 4 N–H and O–H groups in total. The van der Waals surface area contributed by atoms with E-state index < -0.39 is 0 Å². The Kier molecular flexibility index (Phi) is 7.09. The van der Waals surface area contributed by atoms with Crippen LogP contribution in [0.15, 0.2) is 0 Å². The minimum Gasteiger partial charge on any atom is -0.393 e. The van der Waals surface area contributed by atoms with E-state index in [1.54, 1.807) is 0 Å². The van der Waals surface area contributed by atoms with Gasteiger partial charge >= 0.3 is 0 Å². The second-order valence-electron chi connectivity index (χ2n) is 5.75. The zero-order valence-electron chi connectivity index (χ0n) is 11.5. The average Bonchev–Trinajstić information content (AvgIpc) is 2.53. The molecule has 0 spiro atoms. The van der Waals surface area contributed by atoms with E-state index in [2.05, 4.69) is 12.2 Å². The zero-order valence-corrected chi connectivity index (χ0v) is 11.5. The lowest BCUT2D eigenvalue weighted by atomic mass is 9.91. The normalized spacial score (nSPS) is 24.0. The minimum absolute atomic E-state index is 0.231. The molecule has 3 heteroatoms. The van der Waals surface area contributed by atoms with E-state index in [-0.39, 0.29) is 6.10 Å². The maximum atomic E-state index is 9.39. The van der Waals surface area contributed by atoms with Crippen LogP contribution in [0, 0.1) is 5.92 Å². The summed E-state index contributed by atoms with van der Waals surface area (Å²) >= 11 is 0. The van der Waals surface area contributed by atoms with Crippen LogP contribution in [0.3, 0.4) is 0 Å². The van der Waals surface area contributed by atoms with Gasteiger partial charge in [0.05, 0.1) is 6.10 Å². The Labute approximate surface area is 106 Å². The number of nitrogens with two attached hydrogens (primary N) is 1. The molecule has 1 rings (SSSR count). The third-order valence-corrected chi connectivity index (χ3v) is 3.92. The van der Waals surface area contributed by atoms with Crippen molar-refractivity contribution in [3.63, 3.8) is 0 Å². The molecule has 3 atom stereocenters. The van der Waals surface area contributed by atoms with Gasteiger partial charge in [-0.15, -0.1) is 0 Å². The molecule has 0 aromatic heterocycles. The zero-order chi connectivity index (χ0) is 12.7. The van der Waals surface area contributed by atoms with Crippen molar-refractivity contribution in [1.29, 1.82) is 0 Å². The third-order valence-electron chi connectivity index (χ3n) is 3.92. The van der Waals surface area contributed by atoms with Crippen molar-refractivity contribution in [3.8, 4) is 0 Å². The van der Waals surface area contributed by atoms with E-state index in [1.165, 1.54) is 38.5 Å². The van der Waals surface area contributed by atoms with Gasteiger partial charge in [-0.1, -0.05) is 25.7 Å². The lowest BCUT2D eigenvalue weighted by Gasteiger charge is -2.29. The van der Waals surface area contributed by atoms with Gasteiger partial charge in [-0.05, 0) is 39.0 Å². The van der Waals surface area contributed by atoms with Gasteiger partial charge < -0.3 is 16.2 Å². The van der Waals surface area contributed by atoms with Crippen molar-refractivity contribution in [1.82, 2.24) is 5.32 Å². The van der Waals surface area contributed by atoms with Gasteiger partial charge in [-0.3, -0.25) is 0 Å². The first kappa shape index (κ1) is 14.9. The van der Waals surface area contributed by atoms with E-state index >= 15 is 0 Å². The van der Waals surface area contributed by atoms with Crippen LogP contribution < -0.4 is 11.1 Å². The van der Waals surface area contributed by atoms with Gasteiger partial charge in [0.25, 0.3) is 0 Å². The summed E-state index contributed by atoms with van der Waals surface area (Å²) in [5, 5.41) is 13.0. The largest absolute Gasteiger partial charge is 0.393 e. The Morgan fingerprint density at radius 1 is 1.18 bits per heavy atom. The maximum absolute atomic E-state index is 9.39. The maximum Gasteiger partial charge on any atom is 0.0526 e. The van der Waals surface area contributed by atoms with Crippen molar-refractivity contribution < 1.29 is 5.11 Å². The van der Waals surface area contributed by atoms with Gasteiger partial charge in [-0.2, -0.15) is 0 Å². The first-order valence-electron chi connectivity index (χ1n) is 7.27. The Bertz CT molecular complexity index is 189. The smallest absolute Gasteiger partial charge is 0.0526 e. The molecule has 102 valence electrons. The van der Waals surface area contributed by atoms with E-state index in [4.69, 9.17) is 5.73 Å². The van der Waals surface area contributed by atoms with E-state index in [0.29, 0.717) is 12.1 Å². The molecule has 0 heterocycles. The van der Waals surface area contributed by atoms with Crippen molar-refractivity contribution >= 4 is 0 Å². The van der Waals surface area contributed by atoms with Crippen LogP contribution in [0.5, 0.6) is 0 Å². The van der Waals surface area contributed by atoms with Crippen LogP contribution in [0.1, 0.15) is 58.8 Å². The Morgan fingerprint density at radius 2 is 1.76 bits per heavy atom. The topological polar surface area (TPSA) is 58.3 Å². The number of nitrogens with one attached hydrogen (secondary N) is 1. The molecular formula is C14H30N2O. The van der Waals surface area contributed by atoms with Crippen molar-refractivity contribution in [2.24, 2.45) is 11.7 Å². The van der Waals surface area contributed by atoms with Gasteiger partial charge in [0.1, 0.15) is 0 Å². The van der Waals surface area contributed by atoms with Crippen LogP contribution >= 0.6 is 0 Å².